The number of rotatable bonds is 3. The molecular weight excluding hydrogens is 216 g/mol. The van der Waals surface area contributed by atoms with Crippen molar-refractivity contribution in [2.75, 3.05) is 46.9 Å². The topological polar surface area (TPSA) is 53.8 Å². The van der Waals surface area contributed by atoms with Crippen molar-refractivity contribution in [3.8, 4) is 0 Å². The van der Waals surface area contributed by atoms with Crippen molar-refractivity contribution < 1.29 is 4.74 Å². The summed E-state index contributed by atoms with van der Waals surface area (Å²) in [6.07, 6.45) is 2.26. The van der Waals surface area contributed by atoms with Crippen LogP contribution < -0.4 is 11.3 Å². The molecule has 0 amide bonds. The van der Waals surface area contributed by atoms with E-state index in [1.54, 1.807) is 0 Å². The normalized spacial score (nSPS) is 31.6. The van der Waals surface area contributed by atoms with Crippen LogP contribution in [0, 0.1) is 5.92 Å². The molecule has 0 spiro atoms. The van der Waals surface area contributed by atoms with Gasteiger partial charge >= 0.3 is 0 Å². The van der Waals surface area contributed by atoms with Gasteiger partial charge in [-0.3, -0.25) is 16.2 Å². The fourth-order valence-corrected chi connectivity index (χ4v) is 3.07. The number of nitrogens with one attached hydrogen (secondary N) is 1. The van der Waals surface area contributed by atoms with E-state index in [0.717, 1.165) is 45.7 Å². The van der Waals surface area contributed by atoms with Gasteiger partial charge in [-0.1, -0.05) is 0 Å². The summed E-state index contributed by atoms with van der Waals surface area (Å²) >= 11 is 0. The molecule has 0 aromatic carbocycles. The molecule has 2 atom stereocenters. The molecule has 0 saturated carbocycles. The van der Waals surface area contributed by atoms with Crippen LogP contribution in [0.4, 0.5) is 0 Å². The second-order valence-corrected chi connectivity index (χ2v) is 5.45. The lowest BCUT2D eigenvalue weighted by atomic mass is 9.86. The minimum atomic E-state index is 0.381. The standard InChI is InChI=1S/C12H26N4O/c1-15-5-6-16(2)11(9-15)12(14-13)10-3-7-17-8-4-10/h10-12,14H,3-9,13H2,1-2H3. The maximum Gasteiger partial charge on any atom is 0.0469 e. The molecule has 0 aliphatic carbocycles. The maximum absolute atomic E-state index is 5.81. The number of likely N-dealkylation sites (N-methyl/N-ethyl adjacent to an activating group) is 2. The zero-order valence-electron chi connectivity index (χ0n) is 11.1. The van der Waals surface area contributed by atoms with Crippen LogP contribution in [0.5, 0.6) is 0 Å². The Morgan fingerprint density at radius 1 is 1.24 bits per heavy atom. The molecule has 17 heavy (non-hydrogen) atoms. The highest BCUT2D eigenvalue weighted by atomic mass is 16.5. The van der Waals surface area contributed by atoms with Gasteiger partial charge in [0.1, 0.15) is 0 Å². The summed E-state index contributed by atoms with van der Waals surface area (Å²) in [5.41, 5.74) is 3.07. The predicted octanol–water partition coefficient (Wildman–Crippen LogP) is -0.509. The summed E-state index contributed by atoms with van der Waals surface area (Å²) in [7, 11) is 4.40. The number of hydrazine groups is 1. The maximum atomic E-state index is 5.81. The Hall–Kier alpha value is -0.200. The summed E-state index contributed by atoms with van der Waals surface area (Å²) < 4.78 is 5.44. The van der Waals surface area contributed by atoms with E-state index >= 15 is 0 Å². The van der Waals surface area contributed by atoms with Crippen LogP contribution in [0.25, 0.3) is 0 Å². The number of hydrogen-bond acceptors (Lipinski definition) is 5. The van der Waals surface area contributed by atoms with Gasteiger partial charge in [-0.15, -0.1) is 0 Å². The van der Waals surface area contributed by atoms with Gasteiger partial charge in [0.15, 0.2) is 0 Å². The van der Waals surface area contributed by atoms with Gasteiger partial charge in [-0.2, -0.15) is 0 Å². The lowest BCUT2D eigenvalue weighted by Crippen LogP contribution is -2.62. The van der Waals surface area contributed by atoms with Crippen LogP contribution in [0.2, 0.25) is 0 Å². The first-order valence-corrected chi connectivity index (χ1v) is 6.65. The van der Waals surface area contributed by atoms with Gasteiger partial charge in [-0.25, -0.2) is 0 Å². The summed E-state index contributed by atoms with van der Waals surface area (Å²) in [6.45, 7) is 5.15. The first kappa shape index (κ1) is 13.2. The molecule has 5 nitrogen and oxygen atoms in total. The molecule has 0 aromatic rings. The molecule has 2 saturated heterocycles. The van der Waals surface area contributed by atoms with Crippen molar-refractivity contribution in [2.45, 2.75) is 24.9 Å². The van der Waals surface area contributed by atoms with Crippen molar-refractivity contribution in [1.29, 1.82) is 0 Å². The van der Waals surface area contributed by atoms with Crippen molar-refractivity contribution in [3.05, 3.63) is 0 Å². The Kier molecular flexibility index (Phi) is 4.76. The summed E-state index contributed by atoms with van der Waals surface area (Å²) in [5.74, 6) is 6.45. The second kappa shape index (κ2) is 6.11. The van der Waals surface area contributed by atoms with E-state index in [2.05, 4.69) is 29.3 Å². The van der Waals surface area contributed by atoms with Gasteiger partial charge in [-0.05, 0) is 32.9 Å². The Balaban J connectivity index is 1.99. The van der Waals surface area contributed by atoms with Gasteiger partial charge in [0.25, 0.3) is 0 Å². The number of nitrogens with two attached hydrogens (primary N) is 1. The highest BCUT2D eigenvalue weighted by molar-refractivity contribution is 4.92. The number of ether oxygens (including phenoxy) is 1. The molecule has 0 aromatic heterocycles. The van der Waals surface area contributed by atoms with E-state index in [9.17, 15) is 0 Å². The molecule has 0 radical (unpaired) electrons. The molecule has 100 valence electrons. The van der Waals surface area contributed by atoms with Crippen LogP contribution >= 0.6 is 0 Å². The van der Waals surface area contributed by atoms with Crippen LogP contribution in [-0.4, -0.2) is 68.8 Å². The summed E-state index contributed by atoms with van der Waals surface area (Å²) in [4.78, 5) is 4.84. The quantitative estimate of drug-likeness (QED) is 0.516. The fourth-order valence-electron chi connectivity index (χ4n) is 3.07. The third-order valence-electron chi connectivity index (χ3n) is 4.28. The third kappa shape index (κ3) is 3.17. The number of hydrogen-bond donors (Lipinski definition) is 2. The van der Waals surface area contributed by atoms with Gasteiger partial charge < -0.3 is 9.64 Å². The van der Waals surface area contributed by atoms with E-state index in [1.165, 1.54) is 0 Å². The molecule has 2 aliphatic heterocycles. The third-order valence-corrected chi connectivity index (χ3v) is 4.28. The van der Waals surface area contributed by atoms with Gasteiger partial charge in [0, 0.05) is 44.9 Å². The molecule has 2 heterocycles. The van der Waals surface area contributed by atoms with E-state index in [0.29, 0.717) is 18.0 Å². The van der Waals surface area contributed by atoms with E-state index in [4.69, 9.17) is 10.6 Å². The van der Waals surface area contributed by atoms with Gasteiger partial charge in [0.05, 0.1) is 0 Å². The largest absolute Gasteiger partial charge is 0.381 e. The Labute approximate surface area is 104 Å². The minimum Gasteiger partial charge on any atom is -0.381 e. The lowest BCUT2D eigenvalue weighted by molar-refractivity contribution is 0.0183. The second-order valence-electron chi connectivity index (χ2n) is 5.45. The Morgan fingerprint density at radius 2 is 1.94 bits per heavy atom. The zero-order valence-corrected chi connectivity index (χ0v) is 11.1. The van der Waals surface area contributed by atoms with Crippen molar-refractivity contribution in [2.24, 2.45) is 11.8 Å². The molecule has 2 unspecified atom stereocenters. The smallest absolute Gasteiger partial charge is 0.0469 e. The monoisotopic (exact) mass is 242 g/mol. The van der Waals surface area contributed by atoms with Crippen LogP contribution in [0.3, 0.4) is 0 Å². The Morgan fingerprint density at radius 3 is 2.59 bits per heavy atom. The van der Waals surface area contributed by atoms with Crippen LogP contribution in [0.15, 0.2) is 0 Å². The summed E-state index contributed by atoms with van der Waals surface area (Å²) in [6, 6.07) is 0.897. The van der Waals surface area contributed by atoms with E-state index in [1.807, 2.05) is 0 Å². The lowest BCUT2D eigenvalue weighted by Gasteiger charge is -2.44. The van der Waals surface area contributed by atoms with Crippen molar-refractivity contribution in [3.63, 3.8) is 0 Å². The van der Waals surface area contributed by atoms with Crippen molar-refractivity contribution in [1.82, 2.24) is 15.2 Å². The van der Waals surface area contributed by atoms with Crippen molar-refractivity contribution >= 4 is 0 Å². The first-order valence-electron chi connectivity index (χ1n) is 6.65. The first-order chi connectivity index (χ1) is 8.22. The van der Waals surface area contributed by atoms with E-state index < -0.39 is 0 Å². The zero-order chi connectivity index (χ0) is 12.3. The predicted molar refractivity (Wildman–Crippen MR) is 68.6 cm³/mol. The van der Waals surface area contributed by atoms with Gasteiger partial charge in [0.2, 0.25) is 0 Å². The SMILES string of the molecule is CN1CCN(C)C(C(NN)C2CCOCC2)C1. The molecule has 2 rings (SSSR count). The molecule has 0 bridgehead atoms. The Bertz CT molecular complexity index is 233. The summed E-state index contributed by atoms with van der Waals surface area (Å²) in [5, 5.41) is 0. The highest BCUT2D eigenvalue weighted by Crippen LogP contribution is 2.24. The highest BCUT2D eigenvalue weighted by Gasteiger charge is 2.34. The molecule has 2 aliphatic rings. The number of piperazine rings is 1. The molecular formula is C12H26N4O. The van der Waals surface area contributed by atoms with Crippen LogP contribution in [-0.2, 0) is 4.74 Å². The molecule has 2 fully saturated rings. The minimum absolute atomic E-state index is 0.381. The average molecular weight is 242 g/mol. The number of nitrogens with zero attached hydrogens (tertiary/aromatic N) is 2. The molecule has 5 heteroatoms. The van der Waals surface area contributed by atoms with E-state index in [-0.39, 0.29) is 0 Å². The van der Waals surface area contributed by atoms with Crippen LogP contribution in [0.1, 0.15) is 12.8 Å². The fraction of sp³-hybridized carbons (Fsp3) is 1.00. The average Bonchev–Trinajstić information content (AvgIpc) is 2.36. The molecule has 3 N–H and O–H groups in total.